The summed E-state index contributed by atoms with van der Waals surface area (Å²) in [5.41, 5.74) is 0.775. The fourth-order valence-corrected chi connectivity index (χ4v) is 1.56. The smallest absolute Gasteiger partial charge is 0.239 e. The number of nitrogens with one attached hydrogen (secondary N) is 2. The van der Waals surface area contributed by atoms with E-state index in [1.807, 2.05) is 6.92 Å². The number of amides is 1. The number of carbonyl (C=O) groups excluding carboxylic acids is 1. The summed E-state index contributed by atoms with van der Waals surface area (Å²) >= 11 is 11.7. The molecule has 3 nitrogen and oxygen atoms in total. The highest BCUT2D eigenvalue weighted by Gasteiger charge is 2.10. The Morgan fingerprint density at radius 3 is 2.44 bits per heavy atom. The van der Waals surface area contributed by atoms with Gasteiger partial charge in [-0.3, -0.25) is 4.79 Å². The van der Waals surface area contributed by atoms with Gasteiger partial charge in [-0.2, -0.15) is 0 Å². The van der Waals surface area contributed by atoms with Gasteiger partial charge >= 0.3 is 0 Å². The molecule has 1 atom stereocenters. The molecule has 0 bridgehead atoms. The molecule has 5 heteroatoms. The van der Waals surface area contributed by atoms with E-state index in [1.54, 1.807) is 18.2 Å². The van der Waals surface area contributed by atoms with Crippen LogP contribution in [0.3, 0.4) is 0 Å². The van der Waals surface area contributed by atoms with Crippen LogP contribution in [0.1, 0.15) is 20.8 Å². The third kappa shape index (κ3) is 4.75. The van der Waals surface area contributed by atoms with Crippen molar-refractivity contribution in [1.29, 1.82) is 0 Å². The molecule has 0 heterocycles. The molecule has 18 heavy (non-hydrogen) atoms. The van der Waals surface area contributed by atoms with Crippen LogP contribution < -0.4 is 10.6 Å². The van der Waals surface area contributed by atoms with E-state index in [9.17, 15) is 4.79 Å². The molecule has 1 amide bonds. The number of halogens is 2. The van der Waals surface area contributed by atoms with Gasteiger partial charge in [-0.15, -0.1) is 0 Å². The van der Waals surface area contributed by atoms with Gasteiger partial charge in [-0.25, -0.2) is 0 Å². The lowest BCUT2D eigenvalue weighted by molar-refractivity contribution is -0.120. The van der Waals surface area contributed by atoms with E-state index in [0.29, 0.717) is 16.0 Å². The third-order valence-corrected chi connectivity index (χ3v) is 3.50. The second-order valence-corrected chi connectivity index (χ2v) is 5.40. The minimum absolute atomic E-state index is 0.0396. The first-order valence-electron chi connectivity index (χ1n) is 5.88. The molecule has 1 aromatic carbocycles. The second-order valence-electron chi connectivity index (χ2n) is 4.58. The molecule has 1 aromatic rings. The maximum absolute atomic E-state index is 11.7. The van der Waals surface area contributed by atoms with E-state index in [4.69, 9.17) is 23.2 Å². The third-order valence-electron chi connectivity index (χ3n) is 2.76. The zero-order valence-corrected chi connectivity index (χ0v) is 12.3. The van der Waals surface area contributed by atoms with Crippen LogP contribution in [0.25, 0.3) is 0 Å². The van der Waals surface area contributed by atoms with Crippen LogP contribution in [-0.4, -0.2) is 18.5 Å². The Morgan fingerprint density at radius 1 is 1.22 bits per heavy atom. The van der Waals surface area contributed by atoms with Crippen molar-refractivity contribution < 1.29 is 4.79 Å². The molecule has 0 radical (unpaired) electrons. The molecule has 0 aliphatic rings. The summed E-state index contributed by atoms with van der Waals surface area (Å²) in [6.45, 7) is 6.34. The predicted molar refractivity (Wildman–Crippen MR) is 77.4 cm³/mol. The van der Waals surface area contributed by atoms with Crippen molar-refractivity contribution in [2.75, 3.05) is 11.9 Å². The molecule has 0 fully saturated rings. The summed E-state index contributed by atoms with van der Waals surface area (Å²) in [5, 5.41) is 6.89. The van der Waals surface area contributed by atoms with Gasteiger partial charge in [0.25, 0.3) is 0 Å². The molecule has 100 valence electrons. The highest BCUT2D eigenvalue weighted by molar-refractivity contribution is 6.42. The Hall–Kier alpha value is -0.930. The minimum atomic E-state index is -0.0396. The van der Waals surface area contributed by atoms with Crippen molar-refractivity contribution in [3.05, 3.63) is 28.2 Å². The van der Waals surface area contributed by atoms with Gasteiger partial charge in [0, 0.05) is 11.7 Å². The average molecular weight is 289 g/mol. The van der Waals surface area contributed by atoms with Crippen molar-refractivity contribution >= 4 is 34.8 Å². The molecule has 0 saturated heterocycles. The van der Waals surface area contributed by atoms with Crippen molar-refractivity contribution in [3.63, 3.8) is 0 Å². The maximum atomic E-state index is 11.7. The van der Waals surface area contributed by atoms with Gasteiger partial charge in [-0.1, -0.05) is 37.0 Å². The Kier molecular flexibility index (Phi) is 5.76. The van der Waals surface area contributed by atoms with Gasteiger partial charge in [0.2, 0.25) is 5.91 Å². The number of rotatable bonds is 5. The first-order valence-corrected chi connectivity index (χ1v) is 6.64. The molecule has 0 aliphatic heterocycles. The standard InChI is InChI=1S/C13H18Cl2N2O/c1-8(2)9(3)17-13(18)7-16-10-4-5-11(14)12(15)6-10/h4-6,8-9,16H,7H2,1-3H3,(H,17,18). The zero-order chi connectivity index (χ0) is 13.7. The first kappa shape index (κ1) is 15.1. The van der Waals surface area contributed by atoms with Gasteiger partial charge in [0.05, 0.1) is 16.6 Å². The summed E-state index contributed by atoms with van der Waals surface area (Å²) in [6, 6.07) is 5.34. The van der Waals surface area contributed by atoms with Crippen molar-refractivity contribution in [2.24, 2.45) is 5.92 Å². The number of hydrogen-bond acceptors (Lipinski definition) is 2. The lowest BCUT2D eigenvalue weighted by Gasteiger charge is -2.17. The highest BCUT2D eigenvalue weighted by atomic mass is 35.5. The fourth-order valence-electron chi connectivity index (χ4n) is 1.26. The minimum Gasteiger partial charge on any atom is -0.376 e. The van der Waals surface area contributed by atoms with Crippen LogP contribution in [0.5, 0.6) is 0 Å². The Labute approximate surface area is 118 Å². The number of hydrogen-bond donors (Lipinski definition) is 2. The van der Waals surface area contributed by atoms with E-state index >= 15 is 0 Å². The SMILES string of the molecule is CC(C)C(C)NC(=O)CNc1ccc(Cl)c(Cl)c1. The summed E-state index contributed by atoms with van der Waals surface area (Å²) in [5.74, 6) is 0.376. The van der Waals surface area contributed by atoms with E-state index in [0.717, 1.165) is 5.69 Å². The van der Waals surface area contributed by atoms with E-state index < -0.39 is 0 Å². The number of benzene rings is 1. The number of anilines is 1. The summed E-state index contributed by atoms with van der Waals surface area (Å²) in [4.78, 5) is 11.7. The first-order chi connectivity index (χ1) is 8.40. The van der Waals surface area contributed by atoms with Crippen LogP contribution in [0.4, 0.5) is 5.69 Å². The van der Waals surface area contributed by atoms with Gasteiger partial charge in [0.15, 0.2) is 0 Å². The normalized spacial score (nSPS) is 12.3. The molecule has 0 spiro atoms. The summed E-state index contributed by atoms with van der Waals surface area (Å²) < 4.78 is 0. The monoisotopic (exact) mass is 288 g/mol. The van der Waals surface area contributed by atoms with Crippen LogP contribution in [0.15, 0.2) is 18.2 Å². The van der Waals surface area contributed by atoms with Crippen molar-refractivity contribution in [3.8, 4) is 0 Å². The Balaban J connectivity index is 2.45. The van der Waals surface area contributed by atoms with E-state index in [-0.39, 0.29) is 18.5 Å². The van der Waals surface area contributed by atoms with Crippen LogP contribution in [0.2, 0.25) is 10.0 Å². The molecular weight excluding hydrogens is 271 g/mol. The summed E-state index contributed by atoms with van der Waals surface area (Å²) in [7, 11) is 0. The highest BCUT2D eigenvalue weighted by Crippen LogP contribution is 2.24. The van der Waals surface area contributed by atoms with Gasteiger partial charge < -0.3 is 10.6 Å². The average Bonchev–Trinajstić information content (AvgIpc) is 2.30. The topological polar surface area (TPSA) is 41.1 Å². The molecule has 1 unspecified atom stereocenters. The quantitative estimate of drug-likeness (QED) is 0.870. The van der Waals surface area contributed by atoms with Crippen molar-refractivity contribution in [2.45, 2.75) is 26.8 Å². The second kappa shape index (κ2) is 6.86. The largest absolute Gasteiger partial charge is 0.376 e. The lowest BCUT2D eigenvalue weighted by atomic mass is 10.1. The van der Waals surface area contributed by atoms with Gasteiger partial charge in [0.1, 0.15) is 0 Å². The van der Waals surface area contributed by atoms with Gasteiger partial charge in [-0.05, 0) is 31.0 Å². The summed E-state index contributed by atoms with van der Waals surface area (Å²) in [6.07, 6.45) is 0. The predicted octanol–water partition coefficient (Wildman–Crippen LogP) is 3.57. The molecular formula is C13H18Cl2N2O. The molecule has 0 aromatic heterocycles. The van der Waals surface area contributed by atoms with Crippen LogP contribution in [0, 0.1) is 5.92 Å². The van der Waals surface area contributed by atoms with Crippen LogP contribution in [-0.2, 0) is 4.79 Å². The van der Waals surface area contributed by atoms with E-state index in [1.165, 1.54) is 0 Å². The molecule has 1 rings (SSSR count). The Morgan fingerprint density at radius 2 is 1.89 bits per heavy atom. The molecule has 2 N–H and O–H groups in total. The van der Waals surface area contributed by atoms with Crippen LogP contribution >= 0.6 is 23.2 Å². The van der Waals surface area contributed by atoms with E-state index in [2.05, 4.69) is 24.5 Å². The van der Waals surface area contributed by atoms with Crippen molar-refractivity contribution in [1.82, 2.24) is 5.32 Å². The molecule has 0 saturated carbocycles. The lowest BCUT2D eigenvalue weighted by Crippen LogP contribution is -2.39. The Bertz CT molecular complexity index is 421. The molecule has 0 aliphatic carbocycles. The number of carbonyl (C=O) groups is 1. The zero-order valence-electron chi connectivity index (χ0n) is 10.8. The fraction of sp³-hybridized carbons (Fsp3) is 0.462. The maximum Gasteiger partial charge on any atom is 0.239 e.